The molecule has 2 aliphatic heterocycles. The maximum Gasteiger partial charge on any atom is 0.407 e. The second-order valence-electron chi connectivity index (χ2n) is 12.7. The number of benzene rings is 1. The highest BCUT2D eigenvalue weighted by Crippen LogP contribution is 2.37. The number of aromatic nitrogens is 2. The Bertz CT molecular complexity index is 1190. The molecule has 0 atom stereocenters. The van der Waals surface area contributed by atoms with Gasteiger partial charge in [0, 0.05) is 31.0 Å². The maximum absolute atomic E-state index is 12.6. The molecule has 3 heterocycles. The number of halogens is 1. The van der Waals surface area contributed by atoms with Gasteiger partial charge in [0.2, 0.25) is 5.91 Å². The number of carbonyl (C=O) groups excluding carboxylic acids is 2. The van der Waals surface area contributed by atoms with Gasteiger partial charge >= 0.3 is 6.09 Å². The number of carbonyl (C=O) groups is 2. The lowest BCUT2D eigenvalue weighted by Crippen LogP contribution is -2.45. The molecule has 0 spiro atoms. The largest absolute Gasteiger partial charge is 0.444 e. The number of piperidine rings is 2. The lowest BCUT2D eigenvalue weighted by Gasteiger charge is -2.40. The van der Waals surface area contributed by atoms with Crippen molar-refractivity contribution in [3.05, 3.63) is 35.6 Å². The van der Waals surface area contributed by atoms with Crippen LogP contribution in [0.2, 0.25) is 5.02 Å². The average molecular weight is 617 g/mol. The van der Waals surface area contributed by atoms with Gasteiger partial charge in [0.15, 0.2) is 0 Å². The first-order chi connectivity index (χ1) is 20.0. The summed E-state index contributed by atoms with van der Waals surface area (Å²) in [4.78, 5) is 37.0. The van der Waals surface area contributed by atoms with Gasteiger partial charge in [-0.1, -0.05) is 36.4 Å². The molecule has 2 aromatic rings. The van der Waals surface area contributed by atoms with Crippen molar-refractivity contribution in [3.8, 4) is 0 Å². The Balaban J connectivity index is 1.24. The van der Waals surface area contributed by atoms with Crippen molar-refractivity contribution >= 4 is 46.9 Å². The zero-order valence-electron chi connectivity index (χ0n) is 25.3. The van der Waals surface area contributed by atoms with E-state index in [-0.39, 0.29) is 17.4 Å². The Morgan fingerprint density at radius 3 is 2.57 bits per heavy atom. The van der Waals surface area contributed by atoms with Crippen LogP contribution in [-0.4, -0.2) is 60.3 Å². The van der Waals surface area contributed by atoms with E-state index in [2.05, 4.69) is 37.7 Å². The number of alkyl carbamates (subject to hydrolysis) is 1. The molecule has 0 bridgehead atoms. The summed E-state index contributed by atoms with van der Waals surface area (Å²) in [5.74, 6) is 1.55. The van der Waals surface area contributed by atoms with Crippen LogP contribution in [0.4, 0.5) is 16.3 Å². The fraction of sp³-hybridized carbons (Fsp3) is 0.613. The van der Waals surface area contributed by atoms with Crippen LogP contribution in [-0.2, 0) is 9.53 Å². The third kappa shape index (κ3) is 10.0. The SMILES string of the molecule is CC1(CNC(=O)OC(C)(C)C)CCN(c2cnc(Sc3cccc(NC(=O)CCCC4CCNCC4)c3Cl)cn2)CC1. The monoisotopic (exact) mass is 616 g/mol. The topological polar surface area (TPSA) is 108 Å². The molecule has 11 heteroatoms. The van der Waals surface area contributed by atoms with Crippen molar-refractivity contribution in [2.75, 3.05) is 42.9 Å². The number of rotatable bonds is 10. The summed E-state index contributed by atoms with van der Waals surface area (Å²) in [6, 6.07) is 5.65. The van der Waals surface area contributed by atoms with E-state index in [1.807, 2.05) is 39.0 Å². The highest BCUT2D eigenvalue weighted by atomic mass is 35.5. The van der Waals surface area contributed by atoms with Gasteiger partial charge < -0.3 is 25.6 Å². The number of nitrogens with one attached hydrogen (secondary N) is 3. The Labute approximate surface area is 259 Å². The van der Waals surface area contributed by atoms with Gasteiger partial charge in [0.25, 0.3) is 0 Å². The molecule has 4 rings (SSSR count). The van der Waals surface area contributed by atoms with Crippen LogP contribution in [0.3, 0.4) is 0 Å². The Hall–Kier alpha value is -2.56. The van der Waals surface area contributed by atoms with Gasteiger partial charge in [0.05, 0.1) is 23.1 Å². The Morgan fingerprint density at radius 1 is 1.17 bits per heavy atom. The second kappa shape index (κ2) is 14.8. The highest BCUT2D eigenvalue weighted by Gasteiger charge is 2.31. The Morgan fingerprint density at radius 2 is 1.90 bits per heavy atom. The van der Waals surface area contributed by atoms with Crippen molar-refractivity contribution < 1.29 is 14.3 Å². The average Bonchev–Trinajstić information content (AvgIpc) is 2.95. The van der Waals surface area contributed by atoms with Crippen LogP contribution >= 0.6 is 23.4 Å². The number of hydrogen-bond acceptors (Lipinski definition) is 8. The van der Waals surface area contributed by atoms with Crippen LogP contribution in [0.15, 0.2) is 40.5 Å². The number of amides is 2. The molecule has 2 amide bonds. The van der Waals surface area contributed by atoms with E-state index in [0.717, 1.165) is 73.5 Å². The van der Waals surface area contributed by atoms with Gasteiger partial charge in [-0.15, -0.1) is 0 Å². The lowest BCUT2D eigenvalue weighted by atomic mass is 9.80. The lowest BCUT2D eigenvalue weighted by molar-refractivity contribution is -0.116. The molecule has 1 aromatic heterocycles. The number of hydrogen-bond donors (Lipinski definition) is 3. The maximum atomic E-state index is 12.6. The molecule has 0 aliphatic carbocycles. The molecule has 3 N–H and O–H groups in total. The molecular formula is C31H45ClN6O3S. The van der Waals surface area contributed by atoms with Crippen LogP contribution < -0.4 is 20.9 Å². The van der Waals surface area contributed by atoms with E-state index in [4.69, 9.17) is 16.3 Å². The fourth-order valence-electron chi connectivity index (χ4n) is 5.31. The molecule has 0 saturated carbocycles. The van der Waals surface area contributed by atoms with Gasteiger partial charge in [-0.05, 0) is 95.9 Å². The number of anilines is 2. The second-order valence-corrected chi connectivity index (χ2v) is 14.2. The molecule has 2 saturated heterocycles. The smallest absolute Gasteiger partial charge is 0.407 e. The van der Waals surface area contributed by atoms with E-state index in [9.17, 15) is 9.59 Å². The first kappa shape index (κ1) is 32.4. The van der Waals surface area contributed by atoms with Crippen LogP contribution in [0.5, 0.6) is 0 Å². The van der Waals surface area contributed by atoms with Crippen molar-refractivity contribution in [2.24, 2.45) is 11.3 Å². The molecule has 0 radical (unpaired) electrons. The van der Waals surface area contributed by atoms with Crippen LogP contribution in [0.25, 0.3) is 0 Å². The van der Waals surface area contributed by atoms with Crippen LogP contribution in [0, 0.1) is 11.3 Å². The fourth-order valence-corrected chi connectivity index (χ4v) is 6.38. The molecule has 1 aromatic carbocycles. The first-order valence-electron chi connectivity index (χ1n) is 15.0. The molecule has 0 unspecified atom stereocenters. The van der Waals surface area contributed by atoms with Gasteiger partial charge in [-0.2, -0.15) is 0 Å². The van der Waals surface area contributed by atoms with Crippen molar-refractivity contribution in [2.45, 2.75) is 88.2 Å². The third-order valence-corrected chi connectivity index (χ3v) is 9.39. The minimum absolute atomic E-state index is 0.000903. The summed E-state index contributed by atoms with van der Waals surface area (Å²) >= 11 is 8.11. The molecule has 230 valence electrons. The van der Waals surface area contributed by atoms with Crippen molar-refractivity contribution in [1.29, 1.82) is 0 Å². The minimum Gasteiger partial charge on any atom is -0.444 e. The predicted molar refractivity (Wildman–Crippen MR) is 169 cm³/mol. The summed E-state index contributed by atoms with van der Waals surface area (Å²) in [6.07, 6.45) is 9.92. The zero-order chi connectivity index (χ0) is 30.2. The highest BCUT2D eigenvalue weighted by molar-refractivity contribution is 7.99. The van der Waals surface area contributed by atoms with Crippen LogP contribution in [0.1, 0.15) is 72.6 Å². The van der Waals surface area contributed by atoms with Gasteiger partial charge in [-0.25, -0.2) is 14.8 Å². The van der Waals surface area contributed by atoms with E-state index in [1.54, 1.807) is 12.4 Å². The third-order valence-electron chi connectivity index (χ3n) is 7.89. The number of nitrogens with zero attached hydrogens (tertiary/aromatic N) is 3. The number of ether oxygens (including phenoxy) is 1. The quantitative estimate of drug-likeness (QED) is 0.277. The van der Waals surface area contributed by atoms with E-state index in [1.165, 1.54) is 24.6 Å². The van der Waals surface area contributed by atoms with E-state index in [0.29, 0.717) is 23.7 Å². The Kier molecular flexibility index (Phi) is 11.4. The molecule has 2 fully saturated rings. The molecule has 42 heavy (non-hydrogen) atoms. The summed E-state index contributed by atoms with van der Waals surface area (Å²) in [5.41, 5.74) is 0.115. The summed E-state index contributed by atoms with van der Waals surface area (Å²) in [7, 11) is 0. The van der Waals surface area contributed by atoms with E-state index >= 15 is 0 Å². The van der Waals surface area contributed by atoms with E-state index < -0.39 is 5.60 Å². The minimum atomic E-state index is -0.506. The molecular weight excluding hydrogens is 572 g/mol. The summed E-state index contributed by atoms with van der Waals surface area (Å²) in [6.45, 7) is 12.2. The predicted octanol–water partition coefficient (Wildman–Crippen LogP) is 6.52. The normalized spacial score (nSPS) is 17.5. The first-order valence-corrected chi connectivity index (χ1v) is 16.2. The zero-order valence-corrected chi connectivity index (χ0v) is 26.9. The molecule has 9 nitrogen and oxygen atoms in total. The van der Waals surface area contributed by atoms with Crippen molar-refractivity contribution in [1.82, 2.24) is 20.6 Å². The van der Waals surface area contributed by atoms with Gasteiger partial charge in [0.1, 0.15) is 16.4 Å². The van der Waals surface area contributed by atoms with Crippen molar-refractivity contribution in [3.63, 3.8) is 0 Å². The van der Waals surface area contributed by atoms with Gasteiger partial charge in [-0.3, -0.25) is 4.79 Å². The summed E-state index contributed by atoms with van der Waals surface area (Å²) in [5, 5.41) is 10.5. The standard InChI is InChI=1S/C31H45ClN6O3S/c1-30(2,3)41-29(40)36-21-31(4)13-17-38(18-14-31)25-19-35-27(20-34-25)42-24-9-6-8-23(28(24)32)37-26(39)10-5-7-22-11-15-33-16-12-22/h6,8-9,19-20,22,33H,5,7,10-18,21H2,1-4H3,(H,36,40)(H,37,39). The molecule has 2 aliphatic rings. The summed E-state index contributed by atoms with van der Waals surface area (Å²) < 4.78 is 5.37.